The van der Waals surface area contributed by atoms with E-state index in [-0.39, 0.29) is 5.56 Å². The van der Waals surface area contributed by atoms with Crippen LogP contribution in [0.2, 0.25) is 0 Å². The summed E-state index contributed by atoms with van der Waals surface area (Å²) >= 11 is 2.21. The average Bonchev–Trinajstić information content (AvgIpc) is 2.02. The first-order chi connectivity index (χ1) is 6.16. The second kappa shape index (κ2) is 3.10. The lowest BCUT2D eigenvalue weighted by molar-refractivity contribution is 1.21. The molecule has 0 saturated heterocycles. The van der Waals surface area contributed by atoms with E-state index in [0.717, 1.165) is 20.2 Å². The van der Waals surface area contributed by atoms with Crippen molar-refractivity contribution in [1.82, 2.24) is 9.97 Å². The lowest BCUT2D eigenvalue weighted by atomic mass is 10.2. The molecule has 2 rings (SSSR count). The lowest BCUT2D eigenvalue weighted by Gasteiger charge is -2.00. The van der Waals surface area contributed by atoms with Gasteiger partial charge in [0, 0.05) is 3.57 Å². The molecule has 0 amide bonds. The third-order valence-electron chi connectivity index (χ3n) is 1.78. The predicted octanol–water partition coefficient (Wildman–Crippen LogP) is 1.84. The smallest absolute Gasteiger partial charge is 0.266 e. The lowest BCUT2D eigenvalue weighted by Crippen LogP contribution is -2.05. The van der Waals surface area contributed by atoms with Gasteiger partial charge in [0.05, 0.1) is 11.7 Å². The molecule has 1 N–H and O–H groups in total. The number of rotatable bonds is 0. The number of aryl methyl sites for hydroxylation is 1. The van der Waals surface area contributed by atoms with Crippen LogP contribution in [0, 0.1) is 10.5 Å². The topological polar surface area (TPSA) is 45.8 Å². The maximum Gasteiger partial charge on any atom is 0.266 e. The van der Waals surface area contributed by atoms with E-state index in [1.54, 1.807) is 0 Å². The van der Waals surface area contributed by atoms with Gasteiger partial charge in [0.25, 0.3) is 5.56 Å². The largest absolute Gasteiger partial charge is 0.319 e. The van der Waals surface area contributed by atoms with Crippen LogP contribution in [-0.2, 0) is 0 Å². The van der Waals surface area contributed by atoms with Crippen molar-refractivity contribution in [2.24, 2.45) is 0 Å². The van der Waals surface area contributed by atoms with Gasteiger partial charge in [-0.15, -0.1) is 0 Å². The van der Waals surface area contributed by atoms with Crippen LogP contribution in [0.15, 0.2) is 23.1 Å². The van der Waals surface area contributed by atoms with Crippen molar-refractivity contribution in [2.45, 2.75) is 6.92 Å². The van der Waals surface area contributed by atoms with Gasteiger partial charge >= 0.3 is 0 Å². The molecule has 0 radical (unpaired) electrons. The van der Waals surface area contributed by atoms with Gasteiger partial charge in [-0.1, -0.05) is 0 Å². The third kappa shape index (κ3) is 1.58. The summed E-state index contributed by atoms with van der Waals surface area (Å²) in [6, 6.07) is 3.96. The van der Waals surface area contributed by atoms with Gasteiger partial charge in [-0.05, 0) is 47.2 Å². The highest BCUT2D eigenvalue weighted by molar-refractivity contribution is 14.1. The van der Waals surface area contributed by atoms with Crippen LogP contribution in [0.3, 0.4) is 0 Å². The summed E-state index contributed by atoms with van der Waals surface area (Å²) in [5.41, 5.74) is 2.62. The van der Waals surface area contributed by atoms with Crippen LogP contribution in [-0.4, -0.2) is 9.97 Å². The molecule has 13 heavy (non-hydrogen) atoms. The molecule has 0 atom stereocenters. The summed E-state index contributed by atoms with van der Waals surface area (Å²) < 4.78 is 1.06. The van der Waals surface area contributed by atoms with E-state index >= 15 is 0 Å². The quantitative estimate of drug-likeness (QED) is 0.751. The predicted molar refractivity (Wildman–Crippen MR) is 59.8 cm³/mol. The molecule has 0 bridgehead atoms. The number of H-pyrrole nitrogens is 1. The number of benzene rings is 1. The van der Waals surface area contributed by atoms with Crippen LogP contribution >= 0.6 is 22.6 Å². The van der Waals surface area contributed by atoms with E-state index in [1.165, 1.54) is 6.20 Å². The molecule has 0 aliphatic rings. The number of nitrogens with zero attached hydrogens (tertiary/aromatic N) is 1. The first-order valence-corrected chi connectivity index (χ1v) is 4.90. The van der Waals surface area contributed by atoms with Gasteiger partial charge in [0.2, 0.25) is 0 Å². The number of hydrogen-bond donors (Lipinski definition) is 1. The molecule has 0 spiro atoms. The molecule has 3 nitrogen and oxygen atoms in total. The molecule has 66 valence electrons. The monoisotopic (exact) mass is 286 g/mol. The first-order valence-electron chi connectivity index (χ1n) is 3.82. The third-order valence-corrected chi connectivity index (χ3v) is 2.60. The van der Waals surface area contributed by atoms with E-state index in [4.69, 9.17) is 0 Å². The fraction of sp³-hybridized carbons (Fsp3) is 0.111. The first kappa shape index (κ1) is 8.68. The summed E-state index contributed by atoms with van der Waals surface area (Å²) in [7, 11) is 0. The van der Waals surface area contributed by atoms with Crippen molar-refractivity contribution in [3.05, 3.63) is 37.8 Å². The zero-order valence-corrected chi connectivity index (χ0v) is 9.12. The highest BCUT2D eigenvalue weighted by Crippen LogP contribution is 2.17. The van der Waals surface area contributed by atoms with Crippen LogP contribution in [0.5, 0.6) is 0 Å². The average molecular weight is 286 g/mol. The van der Waals surface area contributed by atoms with E-state index in [9.17, 15) is 4.79 Å². The molecular weight excluding hydrogens is 279 g/mol. The van der Waals surface area contributed by atoms with Gasteiger partial charge < -0.3 is 4.98 Å². The molecule has 0 unspecified atom stereocenters. The minimum absolute atomic E-state index is 0.158. The highest BCUT2D eigenvalue weighted by Gasteiger charge is 2.01. The Morgan fingerprint density at radius 2 is 2.23 bits per heavy atom. The zero-order chi connectivity index (χ0) is 9.42. The van der Waals surface area contributed by atoms with Crippen molar-refractivity contribution >= 4 is 33.6 Å². The molecule has 1 aromatic carbocycles. The van der Waals surface area contributed by atoms with Crippen molar-refractivity contribution in [2.75, 3.05) is 0 Å². The Morgan fingerprint density at radius 3 is 3.00 bits per heavy atom. The molecule has 2 aromatic rings. The molecule has 0 aliphatic heterocycles. The van der Waals surface area contributed by atoms with Crippen molar-refractivity contribution in [3.63, 3.8) is 0 Å². The molecule has 0 aliphatic carbocycles. The highest BCUT2D eigenvalue weighted by atomic mass is 127. The second-order valence-electron chi connectivity index (χ2n) is 2.89. The number of nitrogens with one attached hydrogen (secondary N) is 1. The molecule has 0 saturated carbocycles. The van der Waals surface area contributed by atoms with Gasteiger partial charge in [-0.25, -0.2) is 4.98 Å². The van der Waals surface area contributed by atoms with Crippen LogP contribution in [0.4, 0.5) is 0 Å². The van der Waals surface area contributed by atoms with E-state index < -0.39 is 0 Å². The fourth-order valence-corrected chi connectivity index (χ4v) is 2.17. The summed E-state index contributed by atoms with van der Waals surface area (Å²) in [5.74, 6) is 0. The number of aromatic amines is 1. The van der Waals surface area contributed by atoms with Crippen LogP contribution in [0.25, 0.3) is 11.0 Å². The molecular formula is C9H7IN2O. The molecule has 1 heterocycles. The number of fused-ring (bicyclic) bond motifs is 1. The summed E-state index contributed by atoms with van der Waals surface area (Å²) in [5, 5.41) is 0. The van der Waals surface area contributed by atoms with E-state index in [1.807, 2.05) is 19.1 Å². The Balaban J connectivity index is 2.94. The van der Waals surface area contributed by atoms with Gasteiger partial charge in [0.15, 0.2) is 0 Å². The molecule has 1 aromatic heterocycles. The molecule has 4 heteroatoms. The Bertz CT molecular complexity index is 518. The number of aromatic nitrogens is 2. The summed E-state index contributed by atoms with van der Waals surface area (Å²) in [6.45, 7) is 1.99. The van der Waals surface area contributed by atoms with Crippen molar-refractivity contribution < 1.29 is 0 Å². The standard InChI is InChI=1S/C9H7IN2O/c1-5-2-6(10)9-7(3-5)12-8(13)4-11-9/h2-4H,1H3,(H,12,13). The van der Waals surface area contributed by atoms with E-state index in [2.05, 4.69) is 32.6 Å². The van der Waals surface area contributed by atoms with E-state index in [0.29, 0.717) is 0 Å². The van der Waals surface area contributed by atoms with Crippen LogP contribution in [0.1, 0.15) is 5.56 Å². The SMILES string of the molecule is Cc1cc(I)c2ncc(=O)[nH]c2c1. The van der Waals surface area contributed by atoms with Crippen molar-refractivity contribution in [3.8, 4) is 0 Å². The van der Waals surface area contributed by atoms with Gasteiger partial charge in [-0.2, -0.15) is 0 Å². The maximum atomic E-state index is 11.0. The number of halogens is 1. The van der Waals surface area contributed by atoms with Gasteiger partial charge in [-0.3, -0.25) is 4.79 Å². The Kier molecular flexibility index (Phi) is 2.07. The Hall–Kier alpha value is -0.910. The molecule has 0 fully saturated rings. The van der Waals surface area contributed by atoms with Crippen molar-refractivity contribution in [1.29, 1.82) is 0 Å². The maximum absolute atomic E-state index is 11.0. The number of hydrogen-bond acceptors (Lipinski definition) is 2. The minimum atomic E-state index is -0.158. The normalized spacial score (nSPS) is 10.6. The fourth-order valence-electron chi connectivity index (χ4n) is 1.25. The summed E-state index contributed by atoms with van der Waals surface area (Å²) in [4.78, 5) is 17.8. The summed E-state index contributed by atoms with van der Waals surface area (Å²) in [6.07, 6.45) is 1.31. The minimum Gasteiger partial charge on any atom is -0.319 e. The zero-order valence-electron chi connectivity index (χ0n) is 6.97. The Morgan fingerprint density at radius 1 is 1.46 bits per heavy atom. The second-order valence-corrected chi connectivity index (χ2v) is 4.05. The van der Waals surface area contributed by atoms with Gasteiger partial charge in [0.1, 0.15) is 5.52 Å². The van der Waals surface area contributed by atoms with Crippen LogP contribution < -0.4 is 5.56 Å². The Labute approximate surface area is 88.3 Å².